The normalized spacial score (nSPS) is 21.1. The van der Waals surface area contributed by atoms with Crippen LogP contribution in [0.1, 0.15) is 83.6 Å². The molecular formula is C37H48N2O4. The van der Waals surface area contributed by atoms with Crippen LogP contribution in [0.3, 0.4) is 0 Å². The number of unbranched alkanes of at least 4 members (excludes halogenated alkanes) is 1. The van der Waals surface area contributed by atoms with Gasteiger partial charge in [-0.3, -0.25) is 14.4 Å². The third-order valence-electron chi connectivity index (χ3n) is 7.89. The fraction of sp³-hybridized carbons (Fsp3) is 0.432. The Morgan fingerprint density at radius 1 is 0.930 bits per heavy atom. The predicted molar refractivity (Wildman–Crippen MR) is 174 cm³/mol. The molecule has 43 heavy (non-hydrogen) atoms. The molecule has 1 unspecified atom stereocenters. The van der Waals surface area contributed by atoms with Crippen molar-refractivity contribution < 1.29 is 19.1 Å². The summed E-state index contributed by atoms with van der Waals surface area (Å²) in [6.07, 6.45) is 30.1. The number of carbonyl (C=O) groups is 3. The zero-order valence-electron chi connectivity index (χ0n) is 25.9. The molecule has 0 saturated carbocycles. The number of Topliss-reactive ketones (excluding diaryl/α,β-unsaturated/α-hetero) is 1. The second kappa shape index (κ2) is 17.9. The van der Waals surface area contributed by atoms with Gasteiger partial charge in [-0.1, -0.05) is 98.0 Å². The highest BCUT2D eigenvalue weighted by Crippen LogP contribution is 2.41. The smallest absolute Gasteiger partial charge is 0.284 e. The second-order valence-electron chi connectivity index (χ2n) is 11.3. The Hall–Kier alpha value is -3.93. The molecule has 2 amide bonds. The molecule has 6 heteroatoms. The highest BCUT2D eigenvalue weighted by Gasteiger charge is 2.49. The quantitative estimate of drug-likeness (QED) is 0.153. The SMILES string of the molecule is CC/C=C\C/C=C\C/C=C\C/C=C\C/C=C\CCCC(=O)N1CC[C@H](CC2=C(C(N)=O)OC(C)(c3ccccc3)C2=O)C1. The van der Waals surface area contributed by atoms with Gasteiger partial charge in [-0.25, -0.2) is 0 Å². The van der Waals surface area contributed by atoms with E-state index in [1.807, 2.05) is 35.2 Å². The van der Waals surface area contributed by atoms with Crippen LogP contribution in [-0.4, -0.2) is 35.6 Å². The molecule has 1 saturated heterocycles. The average molecular weight is 585 g/mol. The molecule has 2 atom stereocenters. The van der Waals surface area contributed by atoms with Crippen LogP contribution < -0.4 is 5.73 Å². The van der Waals surface area contributed by atoms with E-state index in [1.54, 1.807) is 6.92 Å². The molecule has 6 nitrogen and oxygen atoms in total. The number of amides is 2. The van der Waals surface area contributed by atoms with Crippen LogP contribution in [0.25, 0.3) is 0 Å². The van der Waals surface area contributed by atoms with Crippen molar-refractivity contribution >= 4 is 17.6 Å². The largest absolute Gasteiger partial charge is 0.468 e. The summed E-state index contributed by atoms with van der Waals surface area (Å²) in [5.41, 5.74) is 5.36. The number of benzene rings is 1. The Kier molecular flexibility index (Phi) is 14.0. The minimum atomic E-state index is -1.27. The van der Waals surface area contributed by atoms with Crippen LogP contribution >= 0.6 is 0 Å². The van der Waals surface area contributed by atoms with E-state index in [0.29, 0.717) is 37.1 Å². The molecule has 1 fully saturated rings. The molecule has 2 N–H and O–H groups in total. The number of rotatable bonds is 17. The van der Waals surface area contributed by atoms with Gasteiger partial charge >= 0.3 is 0 Å². The van der Waals surface area contributed by atoms with Gasteiger partial charge in [0.15, 0.2) is 11.4 Å². The summed E-state index contributed by atoms with van der Waals surface area (Å²) in [6.45, 7) is 5.06. The van der Waals surface area contributed by atoms with Crippen LogP contribution in [0.5, 0.6) is 0 Å². The number of carbonyl (C=O) groups excluding carboxylic acids is 3. The number of nitrogens with two attached hydrogens (primary N) is 1. The predicted octanol–water partition coefficient (Wildman–Crippen LogP) is 7.40. The number of hydrogen-bond acceptors (Lipinski definition) is 4. The molecule has 0 spiro atoms. The monoisotopic (exact) mass is 584 g/mol. The van der Waals surface area contributed by atoms with Crippen molar-refractivity contribution in [2.75, 3.05) is 13.1 Å². The Bertz CT molecular complexity index is 1250. The molecule has 1 aromatic carbocycles. The Morgan fingerprint density at radius 3 is 2.09 bits per heavy atom. The molecule has 0 aromatic heterocycles. The van der Waals surface area contributed by atoms with Crippen LogP contribution in [0, 0.1) is 5.92 Å². The van der Waals surface area contributed by atoms with Crippen molar-refractivity contribution in [3.8, 4) is 0 Å². The summed E-state index contributed by atoms with van der Waals surface area (Å²) in [7, 11) is 0. The minimum absolute atomic E-state index is 0.0433. The Balaban J connectivity index is 1.33. The molecule has 3 rings (SSSR count). The van der Waals surface area contributed by atoms with Crippen molar-refractivity contribution in [2.24, 2.45) is 11.7 Å². The van der Waals surface area contributed by atoms with E-state index >= 15 is 0 Å². The number of hydrogen-bond donors (Lipinski definition) is 1. The first-order chi connectivity index (χ1) is 20.9. The van der Waals surface area contributed by atoms with Gasteiger partial charge < -0.3 is 15.4 Å². The lowest BCUT2D eigenvalue weighted by molar-refractivity contribution is -0.132. The molecule has 230 valence electrons. The number of allylic oxidation sites excluding steroid dienone is 10. The lowest BCUT2D eigenvalue weighted by Gasteiger charge is -2.23. The molecule has 0 bridgehead atoms. The molecule has 0 radical (unpaired) electrons. The van der Waals surface area contributed by atoms with Gasteiger partial charge in [0.25, 0.3) is 5.91 Å². The minimum Gasteiger partial charge on any atom is -0.468 e. The number of ether oxygens (including phenoxy) is 1. The maximum absolute atomic E-state index is 13.4. The highest BCUT2D eigenvalue weighted by molar-refractivity contribution is 6.11. The summed E-state index contributed by atoms with van der Waals surface area (Å²) in [5.74, 6) is -0.775. The topological polar surface area (TPSA) is 89.7 Å². The Labute approximate surface area is 257 Å². The maximum atomic E-state index is 13.4. The summed E-state index contributed by atoms with van der Waals surface area (Å²) in [5, 5.41) is 0. The van der Waals surface area contributed by atoms with Crippen molar-refractivity contribution in [3.63, 3.8) is 0 Å². The van der Waals surface area contributed by atoms with Gasteiger partial charge in [-0.05, 0) is 70.6 Å². The van der Waals surface area contributed by atoms with Crippen molar-refractivity contribution in [1.29, 1.82) is 0 Å². The van der Waals surface area contributed by atoms with Crippen molar-refractivity contribution in [3.05, 3.63) is 108 Å². The van der Waals surface area contributed by atoms with Crippen molar-refractivity contribution in [1.82, 2.24) is 4.90 Å². The molecule has 2 heterocycles. The van der Waals surface area contributed by atoms with E-state index in [0.717, 1.165) is 51.4 Å². The first kappa shape index (κ1) is 33.6. The Morgan fingerprint density at radius 2 is 1.51 bits per heavy atom. The van der Waals surface area contributed by atoms with Gasteiger partial charge in [-0.15, -0.1) is 0 Å². The van der Waals surface area contributed by atoms with E-state index in [2.05, 4.69) is 67.7 Å². The van der Waals surface area contributed by atoms with Crippen LogP contribution in [0.15, 0.2) is 102 Å². The maximum Gasteiger partial charge on any atom is 0.284 e. The first-order valence-corrected chi connectivity index (χ1v) is 15.7. The number of primary amides is 1. The number of likely N-dealkylation sites (tertiary alicyclic amines) is 1. The summed E-state index contributed by atoms with van der Waals surface area (Å²) in [6, 6.07) is 9.16. The highest BCUT2D eigenvalue weighted by atomic mass is 16.5. The summed E-state index contributed by atoms with van der Waals surface area (Å²) < 4.78 is 5.91. The second-order valence-corrected chi connectivity index (χ2v) is 11.3. The van der Waals surface area contributed by atoms with Crippen LogP contribution in [0.4, 0.5) is 0 Å². The van der Waals surface area contributed by atoms with E-state index < -0.39 is 11.5 Å². The van der Waals surface area contributed by atoms with E-state index in [9.17, 15) is 14.4 Å². The van der Waals surface area contributed by atoms with E-state index in [-0.39, 0.29) is 23.4 Å². The lowest BCUT2D eigenvalue weighted by Crippen LogP contribution is -2.32. The van der Waals surface area contributed by atoms with Crippen LogP contribution in [-0.2, 0) is 24.7 Å². The molecule has 2 aliphatic rings. The van der Waals surface area contributed by atoms with Gasteiger partial charge in [0.2, 0.25) is 11.7 Å². The van der Waals surface area contributed by atoms with Gasteiger partial charge in [0.05, 0.1) is 0 Å². The van der Waals surface area contributed by atoms with E-state index in [4.69, 9.17) is 10.5 Å². The first-order valence-electron chi connectivity index (χ1n) is 15.7. The molecule has 1 aromatic rings. The molecular weight excluding hydrogens is 536 g/mol. The number of nitrogens with zero attached hydrogens (tertiary/aromatic N) is 1. The van der Waals surface area contributed by atoms with Gasteiger partial charge in [0, 0.05) is 30.6 Å². The fourth-order valence-electron chi connectivity index (χ4n) is 5.45. The molecule has 2 aliphatic heterocycles. The van der Waals surface area contributed by atoms with Gasteiger partial charge in [-0.2, -0.15) is 0 Å². The van der Waals surface area contributed by atoms with Gasteiger partial charge in [0.1, 0.15) is 0 Å². The summed E-state index contributed by atoms with van der Waals surface area (Å²) >= 11 is 0. The standard InChI is InChI=1S/C37H48N2O4/c1-3-4-5-6-7-8-9-10-11-12-13-14-15-16-17-18-22-25-33(40)39-27-26-30(29-39)28-32-34(36(38)42)43-37(2,35(32)41)31-23-20-19-21-24-31/h4-5,7-8,10-11,13-14,16-17,19-21,23-24,30H,3,6,9,12,15,18,22,25-29H2,1-2H3,(H2,38,42)/b5-4-,8-7-,11-10-,14-13-,17-16-/t30-,37?/m1/s1. The van der Waals surface area contributed by atoms with E-state index in [1.165, 1.54) is 0 Å². The van der Waals surface area contributed by atoms with Crippen molar-refractivity contribution in [2.45, 2.75) is 83.7 Å². The zero-order chi connectivity index (χ0) is 30.9. The zero-order valence-corrected chi connectivity index (χ0v) is 25.9. The number of ketones is 1. The average Bonchev–Trinajstić information content (AvgIpc) is 3.58. The third-order valence-corrected chi connectivity index (χ3v) is 7.89. The summed E-state index contributed by atoms with van der Waals surface area (Å²) in [4.78, 5) is 40.3. The third kappa shape index (κ3) is 10.4. The molecule has 0 aliphatic carbocycles. The lowest BCUT2D eigenvalue weighted by atomic mass is 9.85. The fourth-order valence-corrected chi connectivity index (χ4v) is 5.45. The van der Waals surface area contributed by atoms with Crippen LogP contribution in [0.2, 0.25) is 0 Å².